The number of morpholine rings is 1. The number of fused-ring (bicyclic) bond motifs is 1. The molecule has 5 nitrogen and oxygen atoms in total. The first-order valence-corrected chi connectivity index (χ1v) is 6.84. The van der Waals surface area contributed by atoms with E-state index in [0.717, 1.165) is 18.2 Å². The van der Waals surface area contributed by atoms with E-state index in [1.807, 2.05) is 4.90 Å². The minimum absolute atomic E-state index is 0.0573. The maximum atomic E-state index is 12.8. The molecule has 0 unspecified atom stereocenters. The topological polar surface area (TPSA) is 58.2 Å². The van der Waals surface area contributed by atoms with Gasteiger partial charge in [0.2, 0.25) is 0 Å². The van der Waals surface area contributed by atoms with Gasteiger partial charge in [0.25, 0.3) is 5.56 Å². The van der Waals surface area contributed by atoms with Crippen molar-refractivity contribution in [1.82, 2.24) is 14.9 Å². The third kappa shape index (κ3) is 3.12. The normalized spacial score (nSPS) is 17.0. The molecule has 0 bridgehead atoms. The molecule has 1 aromatic carbocycles. The van der Waals surface area contributed by atoms with Gasteiger partial charge in [-0.1, -0.05) is 0 Å². The van der Waals surface area contributed by atoms with E-state index >= 15 is 0 Å². The Bertz CT molecular complexity index is 736. The summed E-state index contributed by atoms with van der Waals surface area (Å²) in [6.45, 7) is 2.96. The van der Waals surface area contributed by atoms with Crippen LogP contribution in [0.2, 0.25) is 0 Å². The second-order valence-electron chi connectivity index (χ2n) is 5.13. The monoisotopic (exact) mass is 313 g/mol. The van der Waals surface area contributed by atoms with E-state index in [-0.39, 0.29) is 10.9 Å². The SMILES string of the molecule is O=c1[nH]c(CN2CCOCC2)nc2cc(C(F)(F)F)ccc12. The number of halogens is 3. The Morgan fingerprint density at radius 2 is 2.00 bits per heavy atom. The maximum Gasteiger partial charge on any atom is 0.416 e. The Kier molecular flexibility index (Phi) is 3.88. The van der Waals surface area contributed by atoms with Gasteiger partial charge in [-0.2, -0.15) is 13.2 Å². The fourth-order valence-electron chi connectivity index (χ4n) is 2.41. The summed E-state index contributed by atoms with van der Waals surface area (Å²) < 4.78 is 43.5. The van der Waals surface area contributed by atoms with E-state index in [0.29, 0.717) is 38.7 Å². The Hall–Kier alpha value is -1.93. The fourth-order valence-corrected chi connectivity index (χ4v) is 2.41. The van der Waals surface area contributed by atoms with Crippen LogP contribution in [0.5, 0.6) is 0 Å². The van der Waals surface area contributed by atoms with Crippen LogP contribution in [0, 0.1) is 0 Å². The molecule has 2 heterocycles. The molecule has 3 rings (SSSR count). The lowest BCUT2D eigenvalue weighted by atomic mass is 10.1. The van der Waals surface area contributed by atoms with E-state index in [2.05, 4.69) is 9.97 Å². The molecule has 0 radical (unpaired) electrons. The Morgan fingerprint density at radius 1 is 1.27 bits per heavy atom. The van der Waals surface area contributed by atoms with Crippen molar-refractivity contribution in [3.05, 3.63) is 39.9 Å². The molecular weight excluding hydrogens is 299 g/mol. The first kappa shape index (κ1) is 15.0. The zero-order chi connectivity index (χ0) is 15.7. The van der Waals surface area contributed by atoms with Crippen LogP contribution in [0.15, 0.2) is 23.0 Å². The van der Waals surface area contributed by atoms with Crippen molar-refractivity contribution in [3.8, 4) is 0 Å². The van der Waals surface area contributed by atoms with Crippen molar-refractivity contribution in [2.24, 2.45) is 0 Å². The zero-order valence-corrected chi connectivity index (χ0v) is 11.6. The van der Waals surface area contributed by atoms with Crippen LogP contribution < -0.4 is 5.56 Å². The van der Waals surface area contributed by atoms with Gasteiger partial charge in [-0.3, -0.25) is 9.69 Å². The number of aromatic amines is 1. The lowest BCUT2D eigenvalue weighted by Crippen LogP contribution is -2.36. The number of hydrogen-bond acceptors (Lipinski definition) is 4. The number of alkyl halides is 3. The highest BCUT2D eigenvalue weighted by atomic mass is 19.4. The fraction of sp³-hybridized carbons (Fsp3) is 0.429. The van der Waals surface area contributed by atoms with Gasteiger partial charge in [0, 0.05) is 13.1 Å². The van der Waals surface area contributed by atoms with Crippen molar-refractivity contribution < 1.29 is 17.9 Å². The Balaban J connectivity index is 1.96. The van der Waals surface area contributed by atoms with Gasteiger partial charge in [0.1, 0.15) is 5.82 Å². The summed E-state index contributed by atoms with van der Waals surface area (Å²) in [7, 11) is 0. The average molecular weight is 313 g/mol. The minimum atomic E-state index is -4.46. The van der Waals surface area contributed by atoms with Crippen molar-refractivity contribution in [3.63, 3.8) is 0 Å². The summed E-state index contributed by atoms with van der Waals surface area (Å²) in [5.74, 6) is 0.360. The van der Waals surface area contributed by atoms with Crippen molar-refractivity contribution >= 4 is 10.9 Å². The van der Waals surface area contributed by atoms with Crippen molar-refractivity contribution in [1.29, 1.82) is 0 Å². The number of nitrogens with zero attached hydrogens (tertiary/aromatic N) is 2. The number of aromatic nitrogens is 2. The Labute approximate surface area is 123 Å². The second-order valence-corrected chi connectivity index (χ2v) is 5.13. The van der Waals surface area contributed by atoms with Crippen LogP contribution >= 0.6 is 0 Å². The van der Waals surface area contributed by atoms with Gasteiger partial charge in [-0.25, -0.2) is 4.98 Å². The number of hydrogen-bond donors (Lipinski definition) is 1. The summed E-state index contributed by atoms with van der Waals surface area (Å²) in [6.07, 6.45) is -4.46. The van der Waals surface area contributed by atoms with Crippen LogP contribution in [0.4, 0.5) is 13.2 Å². The number of H-pyrrole nitrogens is 1. The van der Waals surface area contributed by atoms with Gasteiger partial charge in [-0.05, 0) is 18.2 Å². The van der Waals surface area contributed by atoms with Crippen molar-refractivity contribution in [2.75, 3.05) is 26.3 Å². The lowest BCUT2D eigenvalue weighted by molar-refractivity contribution is -0.137. The molecule has 0 saturated carbocycles. The number of rotatable bonds is 2. The molecule has 0 atom stereocenters. The molecule has 118 valence electrons. The molecule has 1 saturated heterocycles. The summed E-state index contributed by atoms with van der Waals surface area (Å²) in [5.41, 5.74) is -1.18. The van der Waals surface area contributed by atoms with E-state index in [4.69, 9.17) is 4.74 Å². The molecule has 8 heteroatoms. The van der Waals surface area contributed by atoms with Crippen LogP contribution in [0.1, 0.15) is 11.4 Å². The van der Waals surface area contributed by atoms with Crippen LogP contribution in [0.25, 0.3) is 10.9 Å². The summed E-state index contributed by atoms with van der Waals surface area (Å²) in [6, 6.07) is 2.96. The molecule has 2 aromatic rings. The van der Waals surface area contributed by atoms with Gasteiger partial charge in [0.15, 0.2) is 0 Å². The first-order chi connectivity index (χ1) is 10.4. The largest absolute Gasteiger partial charge is 0.416 e. The summed E-state index contributed by atoms with van der Waals surface area (Å²) >= 11 is 0. The molecule has 1 fully saturated rings. The zero-order valence-electron chi connectivity index (χ0n) is 11.6. The summed E-state index contributed by atoms with van der Waals surface area (Å²) in [4.78, 5) is 20.8. The lowest BCUT2D eigenvalue weighted by Gasteiger charge is -2.25. The summed E-state index contributed by atoms with van der Waals surface area (Å²) in [5, 5.41) is 0.152. The van der Waals surface area contributed by atoms with Gasteiger partial charge >= 0.3 is 6.18 Å². The quantitative estimate of drug-likeness (QED) is 0.918. The number of ether oxygens (including phenoxy) is 1. The molecule has 0 amide bonds. The third-order valence-electron chi connectivity index (χ3n) is 3.56. The molecule has 22 heavy (non-hydrogen) atoms. The molecule has 1 N–H and O–H groups in total. The van der Waals surface area contributed by atoms with Gasteiger partial charge < -0.3 is 9.72 Å². The predicted molar refractivity (Wildman–Crippen MR) is 73.5 cm³/mol. The van der Waals surface area contributed by atoms with Crippen LogP contribution in [-0.4, -0.2) is 41.2 Å². The molecule has 0 aliphatic carbocycles. The van der Waals surface area contributed by atoms with Gasteiger partial charge in [-0.15, -0.1) is 0 Å². The number of benzene rings is 1. The van der Waals surface area contributed by atoms with E-state index in [1.54, 1.807) is 0 Å². The predicted octanol–water partition coefficient (Wildman–Crippen LogP) is 1.77. The highest BCUT2D eigenvalue weighted by Crippen LogP contribution is 2.30. The molecular formula is C14H14F3N3O2. The molecule has 1 aromatic heterocycles. The highest BCUT2D eigenvalue weighted by Gasteiger charge is 2.30. The number of nitrogens with one attached hydrogen (secondary N) is 1. The van der Waals surface area contributed by atoms with E-state index < -0.39 is 17.3 Å². The molecule has 1 aliphatic heterocycles. The van der Waals surface area contributed by atoms with Crippen molar-refractivity contribution in [2.45, 2.75) is 12.7 Å². The maximum absolute atomic E-state index is 12.8. The van der Waals surface area contributed by atoms with Crippen LogP contribution in [-0.2, 0) is 17.5 Å². The second kappa shape index (κ2) is 5.69. The van der Waals surface area contributed by atoms with Crippen LogP contribution in [0.3, 0.4) is 0 Å². The first-order valence-electron chi connectivity index (χ1n) is 6.84. The van der Waals surface area contributed by atoms with E-state index in [1.165, 1.54) is 0 Å². The molecule has 0 spiro atoms. The standard InChI is InChI=1S/C14H14F3N3O2/c15-14(16,17)9-1-2-10-11(7-9)18-12(19-13(10)21)8-20-3-5-22-6-4-20/h1-2,7H,3-6,8H2,(H,18,19,21). The Morgan fingerprint density at radius 3 is 2.68 bits per heavy atom. The van der Waals surface area contributed by atoms with Gasteiger partial charge in [0.05, 0.1) is 36.2 Å². The van der Waals surface area contributed by atoms with E-state index in [9.17, 15) is 18.0 Å². The highest BCUT2D eigenvalue weighted by molar-refractivity contribution is 5.78. The average Bonchev–Trinajstić information content (AvgIpc) is 2.47. The smallest absolute Gasteiger partial charge is 0.379 e. The minimum Gasteiger partial charge on any atom is -0.379 e. The third-order valence-corrected chi connectivity index (χ3v) is 3.56. The molecule has 1 aliphatic rings.